The zero-order valence-electron chi connectivity index (χ0n) is 22.1. The molecule has 0 spiro atoms. The third-order valence-corrected chi connectivity index (χ3v) is 7.48. The summed E-state index contributed by atoms with van der Waals surface area (Å²) >= 11 is 0. The molecule has 39 heavy (non-hydrogen) atoms. The zero-order valence-corrected chi connectivity index (χ0v) is 22.9. The molecule has 0 aromatic heterocycles. The van der Waals surface area contributed by atoms with Crippen LogP contribution < -0.4 is 23.7 Å². The molecule has 3 aromatic carbocycles. The molecule has 0 bridgehead atoms. The Bertz CT molecular complexity index is 1370. The van der Waals surface area contributed by atoms with E-state index in [1.165, 1.54) is 45.6 Å². The van der Waals surface area contributed by atoms with Crippen LogP contribution in [-0.2, 0) is 21.4 Å². The minimum atomic E-state index is -4.16. The predicted molar refractivity (Wildman–Crippen MR) is 145 cm³/mol. The van der Waals surface area contributed by atoms with Gasteiger partial charge in [0.25, 0.3) is 0 Å². The van der Waals surface area contributed by atoms with Crippen LogP contribution >= 0.6 is 0 Å². The van der Waals surface area contributed by atoms with Crippen molar-refractivity contribution in [3.63, 3.8) is 0 Å². The highest BCUT2D eigenvalue weighted by atomic mass is 32.2. The van der Waals surface area contributed by atoms with Crippen molar-refractivity contribution < 1.29 is 36.3 Å². The second kappa shape index (κ2) is 12.7. The number of amides is 2. The molecule has 0 radical (unpaired) electrons. The minimum Gasteiger partial charge on any atom is -0.497 e. The molecule has 1 aliphatic heterocycles. The second-order valence-corrected chi connectivity index (χ2v) is 10.4. The largest absolute Gasteiger partial charge is 0.497 e. The second-order valence-electron chi connectivity index (χ2n) is 8.84. The number of nitrogens with one attached hydrogen (secondary N) is 1. The number of hydrogen-bond acceptors (Lipinski definition) is 8. The first-order valence-corrected chi connectivity index (χ1v) is 13.8. The quantitative estimate of drug-likeness (QED) is 0.339. The lowest BCUT2D eigenvalue weighted by atomic mass is 10.1. The number of carbonyl (C=O) groups excluding carboxylic acids is 1. The van der Waals surface area contributed by atoms with Gasteiger partial charge in [-0.05, 0) is 66.9 Å². The summed E-state index contributed by atoms with van der Waals surface area (Å²) in [6.45, 7) is 1.17. The average molecular weight is 557 g/mol. The third-order valence-electron chi connectivity index (χ3n) is 6.23. The summed E-state index contributed by atoms with van der Waals surface area (Å²) in [5, 5.41) is 2.91. The average Bonchev–Trinajstić information content (AvgIpc) is 3.46. The van der Waals surface area contributed by atoms with Crippen molar-refractivity contribution in [2.45, 2.75) is 30.4 Å². The van der Waals surface area contributed by atoms with E-state index in [2.05, 4.69) is 5.32 Å². The number of carbonyl (C=O) groups is 1. The maximum absolute atomic E-state index is 13.4. The number of ether oxygens (including phenoxy) is 4. The van der Waals surface area contributed by atoms with Gasteiger partial charge in [-0.15, -0.1) is 0 Å². The molecule has 0 aliphatic carbocycles. The summed E-state index contributed by atoms with van der Waals surface area (Å²) in [6.07, 6.45) is 1.67. The van der Waals surface area contributed by atoms with E-state index in [1.807, 2.05) is 6.07 Å². The van der Waals surface area contributed by atoms with Crippen molar-refractivity contribution in [1.82, 2.24) is 4.90 Å². The summed E-state index contributed by atoms with van der Waals surface area (Å²) in [7, 11) is 0.292. The Hall–Kier alpha value is -3.96. The Morgan fingerprint density at radius 2 is 1.69 bits per heavy atom. The van der Waals surface area contributed by atoms with Crippen LogP contribution in [0.15, 0.2) is 71.6 Å². The molecule has 11 heteroatoms. The highest BCUT2D eigenvalue weighted by Gasteiger charge is 2.25. The smallest absolute Gasteiger partial charge is 0.339 e. The summed E-state index contributed by atoms with van der Waals surface area (Å²) < 4.78 is 53.0. The van der Waals surface area contributed by atoms with Gasteiger partial charge in [-0.25, -0.2) is 4.79 Å². The van der Waals surface area contributed by atoms with Gasteiger partial charge in [-0.2, -0.15) is 8.42 Å². The number of anilines is 1. The van der Waals surface area contributed by atoms with E-state index in [9.17, 15) is 13.2 Å². The van der Waals surface area contributed by atoms with Crippen LogP contribution in [0.5, 0.6) is 23.0 Å². The maximum atomic E-state index is 13.4. The van der Waals surface area contributed by atoms with E-state index < -0.39 is 10.1 Å². The fourth-order valence-electron chi connectivity index (χ4n) is 4.21. The van der Waals surface area contributed by atoms with Gasteiger partial charge < -0.3 is 33.3 Å². The molecule has 1 N–H and O–H groups in total. The summed E-state index contributed by atoms with van der Waals surface area (Å²) in [6, 6.07) is 17.6. The number of methoxy groups -OCH3 is 3. The maximum Gasteiger partial charge on any atom is 0.339 e. The van der Waals surface area contributed by atoms with Gasteiger partial charge in [-0.3, -0.25) is 0 Å². The SMILES string of the molecule is COc1ccc(S(=O)(=O)Oc2cc(CN(CC3CCCO3)C(=O)Nc3ccccc3OC)ccc2OC)cc1. The third kappa shape index (κ3) is 7.12. The molecule has 2 amide bonds. The Labute approximate surface area is 228 Å². The molecule has 1 saturated heterocycles. The molecule has 10 nitrogen and oxygen atoms in total. The monoisotopic (exact) mass is 556 g/mol. The van der Waals surface area contributed by atoms with Gasteiger partial charge in [0.2, 0.25) is 0 Å². The molecular weight excluding hydrogens is 524 g/mol. The van der Waals surface area contributed by atoms with E-state index in [1.54, 1.807) is 41.3 Å². The fraction of sp³-hybridized carbons (Fsp3) is 0.321. The minimum absolute atomic E-state index is 0.00743. The van der Waals surface area contributed by atoms with Crippen LogP contribution in [0.4, 0.5) is 10.5 Å². The van der Waals surface area contributed by atoms with Crippen LogP contribution in [0, 0.1) is 0 Å². The lowest BCUT2D eigenvalue weighted by Crippen LogP contribution is -2.39. The van der Waals surface area contributed by atoms with Gasteiger partial charge in [-0.1, -0.05) is 18.2 Å². The van der Waals surface area contributed by atoms with Gasteiger partial charge in [0.1, 0.15) is 16.4 Å². The molecule has 1 fully saturated rings. The number of para-hydroxylation sites is 2. The van der Waals surface area contributed by atoms with E-state index in [0.717, 1.165) is 12.8 Å². The van der Waals surface area contributed by atoms with Gasteiger partial charge >= 0.3 is 16.1 Å². The Balaban J connectivity index is 1.58. The van der Waals surface area contributed by atoms with E-state index in [4.69, 9.17) is 23.1 Å². The van der Waals surface area contributed by atoms with E-state index in [-0.39, 0.29) is 35.1 Å². The lowest BCUT2D eigenvalue weighted by molar-refractivity contribution is 0.0819. The molecule has 1 unspecified atom stereocenters. The zero-order chi connectivity index (χ0) is 27.8. The van der Waals surface area contributed by atoms with E-state index >= 15 is 0 Å². The lowest BCUT2D eigenvalue weighted by Gasteiger charge is -2.26. The summed E-state index contributed by atoms with van der Waals surface area (Å²) in [5.41, 5.74) is 1.18. The molecule has 0 saturated carbocycles. The number of hydrogen-bond donors (Lipinski definition) is 1. The normalized spacial score (nSPS) is 14.9. The summed E-state index contributed by atoms with van der Waals surface area (Å²) in [4.78, 5) is 15.0. The molecule has 208 valence electrons. The van der Waals surface area contributed by atoms with Crippen molar-refractivity contribution in [2.75, 3.05) is 39.8 Å². The molecular formula is C28H32N2O8S. The van der Waals surface area contributed by atoms with Crippen molar-refractivity contribution in [1.29, 1.82) is 0 Å². The van der Waals surface area contributed by atoms with Crippen LogP contribution in [0.3, 0.4) is 0 Å². The van der Waals surface area contributed by atoms with Gasteiger partial charge in [0, 0.05) is 19.7 Å². The first-order valence-electron chi connectivity index (χ1n) is 12.4. The van der Waals surface area contributed by atoms with E-state index in [0.29, 0.717) is 35.9 Å². The Morgan fingerprint density at radius 3 is 2.36 bits per heavy atom. The number of urea groups is 1. The first-order chi connectivity index (χ1) is 18.8. The molecule has 3 aromatic rings. The summed E-state index contributed by atoms with van der Waals surface area (Å²) in [5.74, 6) is 1.30. The first kappa shape index (κ1) is 28.1. The van der Waals surface area contributed by atoms with Crippen molar-refractivity contribution in [3.8, 4) is 23.0 Å². The number of nitrogens with zero attached hydrogens (tertiary/aromatic N) is 1. The highest BCUT2D eigenvalue weighted by molar-refractivity contribution is 7.87. The van der Waals surface area contributed by atoms with Crippen molar-refractivity contribution in [2.24, 2.45) is 0 Å². The molecule has 1 atom stereocenters. The molecule has 1 aliphatic rings. The Kier molecular flexibility index (Phi) is 9.15. The number of rotatable bonds is 11. The topological polar surface area (TPSA) is 113 Å². The Morgan fingerprint density at radius 1 is 0.949 bits per heavy atom. The van der Waals surface area contributed by atoms with Gasteiger partial charge in [0.15, 0.2) is 11.5 Å². The highest BCUT2D eigenvalue weighted by Crippen LogP contribution is 2.32. The van der Waals surface area contributed by atoms with Crippen molar-refractivity contribution in [3.05, 3.63) is 72.3 Å². The predicted octanol–water partition coefficient (Wildman–Crippen LogP) is 4.69. The van der Waals surface area contributed by atoms with Crippen LogP contribution in [-0.4, -0.2) is 59.9 Å². The molecule has 4 rings (SSSR count). The fourth-order valence-corrected chi connectivity index (χ4v) is 5.14. The van der Waals surface area contributed by atoms with Gasteiger partial charge in [0.05, 0.1) is 33.1 Å². The standard InChI is InChI=1S/C28H32N2O8S/c1-34-21-11-13-23(14-12-21)39(32,33)38-27-17-20(10-15-26(27)36-3)18-30(19-22-7-6-16-37-22)28(31)29-24-8-4-5-9-25(24)35-2/h4-5,8-15,17,22H,6-7,16,18-19H2,1-3H3,(H,29,31). The number of benzene rings is 3. The molecule has 1 heterocycles. The van der Waals surface area contributed by atoms with Crippen LogP contribution in [0.2, 0.25) is 0 Å². The van der Waals surface area contributed by atoms with Crippen molar-refractivity contribution >= 4 is 21.8 Å². The van der Waals surface area contributed by atoms with Crippen LogP contribution in [0.25, 0.3) is 0 Å². The van der Waals surface area contributed by atoms with Crippen LogP contribution in [0.1, 0.15) is 18.4 Å².